The highest BCUT2D eigenvalue weighted by Crippen LogP contribution is 2.23. The summed E-state index contributed by atoms with van der Waals surface area (Å²) in [5.74, 6) is 0.874. The molecule has 3 atom stereocenters. The molecule has 0 bridgehead atoms. The number of rotatable bonds is 5. The highest BCUT2D eigenvalue weighted by Gasteiger charge is 2.26. The Labute approximate surface area is 128 Å². The van der Waals surface area contributed by atoms with Crippen LogP contribution in [0.4, 0.5) is 0 Å². The summed E-state index contributed by atoms with van der Waals surface area (Å²) < 4.78 is 5.79. The maximum absolute atomic E-state index is 10.3. The fraction of sp³-hybridized carbons (Fsp3) is 0.667. The first-order valence-electron chi connectivity index (χ1n) is 8.11. The van der Waals surface area contributed by atoms with Gasteiger partial charge in [-0.05, 0) is 52.2 Å². The van der Waals surface area contributed by atoms with Crippen LogP contribution in [-0.2, 0) is 0 Å². The van der Waals surface area contributed by atoms with Gasteiger partial charge in [-0.25, -0.2) is 0 Å². The van der Waals surface area contributed by atoms with Crippen molar-refractivity contribution in [1.29, 1.82) is 0 Å². The molecule has 1 aliphatic rings. The summed E-state index contributed by atoms with van der Waals surface area (Å²) in [6, 6.07) is 7.26. The number of ether oxygens (including phenoxy) is 1. The van der Waals surface area contributed by atoms with Crippen molar-refractivity contribution in [2.45, 2.75) is 65.1 Å². The molecule has 0 amide bonds. The van der Waals surface area contributed by atoms with Crippen molar-refractivity contribution in [3.05, 3.63) is 29.3 Å². The average Bonchev–Trinajstić information content (AvgIpc) is 2.42. The van der Waals surface area contributed by atoms with Crippen molar-refractivity contribution in [1.82, 2.24) is 4.90 Å². The molecule has 21 heavy (non-hydrogen) atoms. The number of nitrogens with zero attached hydrogens (tertiary/aromatic N) is 1. The van der Waals surface area contributed by atoms with Crippen LogP contribution >= 0.6 is 0 Å². The molecule has 1 saturated heterocycles. The molecule has 1 aliphatic heterocycles. The first-order valence-corrected chi connectivity index (χ1v) is 8.11. The van der Waals surface area contributed by atoms with Gasteiger partial charge in [0.2, 0.25) is 0 Å². The molecule has 0 saturated carbocycles. The summed E-state index contributed by atoms with van der Waals surface area (Å²) in [7, 11) is 0. The minimum atomic E-state index is -0.436. The largest absolute Gasteiger partial charge is 0.491 e. The van der Waals surface area contributed by atoms with Crippen LogP contribution in [0.5, 0.6) is 5.75 Å². The van der Waals surface area contributed by atoms with Crippen LogP contribution in [0.3, 0.4) is 0 Å². The number of aryl methyl sites for hydroxylation is 2. The maximum atomic E-state index is 10.3. The molecule has 118 valence electrons. The lowest BCUT2D eigenvalue weighted by atomic mass is 9.97. The fourth-order valence-electron chi connectivity index (χ4n) is 3.28. The minimum absolute atomic E-state index is 0.361. The summed E-state index contributed by atoms with van der Waals surface area (Å²) >= 11 is 0. The Hall–Kier alpha value is -1.06. The van der Waals surface area contributed by atoms with Gasteiger partial charge in [0.1, 0.15) is 18.5 Å². The van der Waals surface area contributed by atoms with Crippen LogP contribution in [0.2, 0.25) is 0 Å². The van der Waals surface area contributed by atoms with Crippen molar-refractivity contribution in [2.75, 3.05) is 13.2 Å². The number of aliphatic hydroxyl groups excluding tert-OH is 1. The summed E-state index contributed by atoms with van der Waals surface area (Å²) in [5, 5.41) is 10.3. The van der Waals surface area contributed by atoms with E-state index in [1.54, 1.807) is 0 Å². The van der Waals surface area contributed by atoms with Gasteiger partial charge in [0.15, 0.2) is 0 Å². The Kier molecular flexibility index (Phi) is 5.65. The van der Waals surface area contributed by atoms with Gasteiger partial charge >= 0.3 is 0 Å². The first-order chi connectivity index (χ1) is 9.97. The summed E-state index contributed by atoms with van der Waals surface area (Å²) in [4.78, 5) is 2.42. The predicted molar refractivity (Wildman–Crippen MR) is 86.9 cm³/mol. The first kappa shape index (κ1) is 16.3. The van der Waals surface area contributed by atoms with Crippen LogP contribution in [0, 0.1) is 13.8 Å². The quantitative estimate of drug-likeness (QED) is 0.903. The van der Waals surface area contributed by atoms with Crippen molar-refractivity contribution < 1.29 is 9.84 Å². The Morgan fingerprint density at radius 2 is 1.90 bits per heavy atom. The summed E-state index contributed by atoms with van der Waals surface area (Å²) in [6.07, 6.45) is 3.33. The zero-order chi connectivity index (χ0) is 15.4. The van der Waals surface area contributed by atoms with Crippen LogP contribution in [0.15, 0.2) is 18.2 Å². The van der Waals surface area contributed by atoms with Gasteiger partial charge in [-0.15, -0.1) is 0 Å². The SMILES string of the molecule is Cc1ccc(OC[C@@H](O)CN2[C@@H](C)CCC[C@@H]2C)c(C)c1. The molecule has 0 aliphatic carbocycles. The van der Waals surface area contributed by atoms with E-state index in [0.29, 0.717) is 25.2 Å². The predicted octanol–water partition coefficient (Wildman–Crippen LogP) is 3.31. The number of aliphatic hydroxyl groups is 1. The second-order valence-corrected chi connectivity index (χ2v) is 6.56. The molecule has 0 spiro atoms. The van der Waals surface area contributed by atoms with Crippen molar-refractivity contribution in [2.24, 2.45) is 0 Å². The fourth-order valence-corrected chi connectivity index (χ4v) is 3.28. The van der Waals surface area contributed by atoms with E-state index in [9.17, 15) is 5.11 Å². The van der Waals surface area contributed by atoms with Gasteiger partial charge in [0, 0.05) is 18.6 Å². The lowest BCUT2D eigenvalue weighted by molar-refractivity contribution is 0.0208. The molecule has 1 aromatic rings. The number of likely N-dealkylation sites (tertiary alicyclic amines) is 1. The van der Waals surface area contributed by atoms with Crippen LogP contribution in [0.1, 0.15) is 44.2 Å². The van der Waals surface area contributed by atoms with E-state index in [1.807, 2.05) is 19.1 Å². The average molecular weight is 291 g/mol. The van der Waals surface area contributed by atoms with Gasteiger partial charge in [0.05, 0.1) is 0 Å². The minimum Gasteiger partial charge on any atom is -0.491 e. The van der Waals surface area contributed by atoms with Crippen LogP contribution in [0.25, 0.3) is 0 Å². The monoisotopic (exact) mass is 291 g/mol. The van der Waals surface area contributed by atoms with Gasteiger partial charge in [-0.2, -0.15) is 0 Å². The van der Waals surface area contributed by atoms with Crippen molar-refractivity contribution in [3.8, 4) is 5.75 Å². The normalized spacial score (nSPS) is 24.8. The third-order valence-corrected chi connectivity index (χ3v) is 4.56. The summed E-state index contributed by atoms with van der Waals surface area (Å²) in [5.41, 5.74) is 2.36. The maximum Gasteiger partial charge on any atom is 0.122 e. The second-order valence-electron chi connectivity index (χ2n) is 6.56. The van der Waals surface area contributed by atoms with Crippen molar-refractivity contribution in [3.63, 3.8) is 0 Å². The van der Waals surface area contributed by atoms with Crippen LogP contribution in [-0.4, -0.2) is 41.3 Å². The molecule has 0 unspecified atom stereocenters. The Bertz CT molecular complexity index is 451. The third kappa shape index (κ3) is 4.45. The Balaban J connectivity index is 1.85. The van der Waals surface area contributed by atoms with Crippen molar-refractivity contribution >= 4 is 0 Å². The topological polar surface area (TPSA) is 32.7 Å². The van der Waals surface area contributed by atoms with Gasteiger partial charge in [-0.3, -0.25) is 4.90 Å². The highest BCUT2D eigenvalue weighted by atomic mass is 16.5. The van der Waals surface area contributed by atoms with E-state index in [2.05, 4.69) is 31.7 Å². The zero-order valence-corrected chi connectivity index (χ0v) is 13.8. The molecular weight excluding hydrogens is 262 g/mol. The number of piperidine rings is 1. The molecular formula is C18H29NO2. The van der Waals surface area contributed by atoms with E-state index < -0.39 is 6.10 Å². The smallest absolute Gasteiger partial charge is 0.122 e. The Morgan fingerprint density at radius 1 is 1.24 bits per heavy atom. The molecule has 3 heteroatoms. The van der Waals surface area contributed by atoms with E-state index in [-0.39, 0.29) is 0 Å². The van der Waals surface area contributed by atoms with Gasteiger partial charge in [0.25, 0.3) is 0 Å². The number of benzene rings is 1. The molecule has 1 aromatic carbocycles. The van der Waals surface area contributed by atoms with Gasteiger partial charge in [-0.1, -0.05) is 24.1 Å². The molecule has 0 aromatic heterocycles. The lowest BCUT2D eigenvalue weighted by Crippen LogP contribution is -2.48. The lowest BCUT2D eigenvalue weighted by Gasteiger charge is -2.40. The Morgan fingerprint density at radius 3 is 2.52 bits per heavy atom. The third-order valence-electron chi connectivity index (χ3n) is 4.56. The molecule has 1 heterocycles. The standard InChI is InChI=1S/C18H29NO2/c1-13-8-9-18(14(2)10-13)21-12-17(20)11-19-15(3)6-5-7-16(19)4/h8-10,15-17,20H,5-7,11-12H2,1-4H3/t15-,16-,17-/m0/s1. The molecule has 1 fully saturated rings. The van der Waals surface area contributed by atoms with E-state index in [4.69, 9.17) is 4.74 Å². The molecule has 3 nitrogen and oxygen atoms in total. The van der Waals surface area contributed by atoms with Crippen LogP contribution < -0.4 is 4.74 Å². The zero-order valence-electron chi connectivity index (χ0n) is 13.8. The van der Waals surface area contributed by atoms with E-state index >= 15 is 0 Å². The second kappa shape index (κ2) is 7.28. The van der Waals surface area contributed by atoms with Gasteiger partial charge < -0.3 is 9.84 Å². The number of hydrogen-bond acceptors (Lipinski definition) is 3. The molecule has 2 rings (SSSR count). The number of β-amino-alcohol motifs (C(OH)–C–C–N with tert-alkyl or cyclic N) is 1. The van der Waals surface area contributed by atoms with E-state index in [1.165, 1.54) is 24.8 Å². The molecule has 0 radical (unpaired) electrons. The highest BCUT2D eigenvalue weighted by molar-refractivity contribution is 5.35. The number of hydrogen-bond donors (Lipinski definition) is 1. The van der Waals surface area contributed by atoms with E-state index in [0.717, 1.165) is 11.3 Å². The summed E-state index contributed by atoms with van der Waals surface area (Å²) in [6.45, 7) is 9.70. The molecule has 1 N–H and O–H groups in total.